The second kappa shape index (κ2) is 7.75. The van der Waals surface area contributed by atoms with E-state index in [0.29, 0.717) is 17.3 Å². The summed E-state index contributed by atoms with van der Waals surface area (Å²) in [5.41, 5.74) is 1.35. The lowest BCUT2D eigenvalue weighted by Crippen LogP contribution is -2.11. The van der Waals surface area contributed by atoms with Crippen molar-refractivity contribution in [3.05, 3.63) is 84.1 Å². The summed E-state index contributed by atoms with van der Waals surface area (Å²) in [6.07, 6.45) is 0. The third-order valence-electron chi connectivity index (χ3n) is 3.98. The minimum Gasteiger partial charge on any atom is -0.486 e. The second-order valence-corrected chi connectivity index (χ2v) is 6.01. The number of carbonyl (C=O) groups excluding carboxylic acids is 1. The molecule has 140 valence electrons. The Labute approximate surface area is 160 Å². The van der Waals surface area contributed by atoms with Crippen LogP contribution in [0.3, 0.4) is 0 Å². The number of ether oxygens (including phenoxy) is 1. The van der Waals surface area contributed by atoms with Gasteiger partial charge in [0.25, 0.3) is 5.91 Å². The van der Waals surface area contributed by atoms with Crippen molar-refractivity contribution in [2.75, 3.05) is 5.32 Å². The first-order valence-corrected chi connectivity index (χ1v) is 8.62. The highest BCUT2D eigenvalue weighted by Crippen LogP contribution is 2.18. The first-order valence-electron chi connectivity index (χ1n) is 8.62. The molecule has 8 heteroatoms. The number of tetrazole rings is 1. The lowest BCUT2D eigenvalue weighted by Gasteiger charge is -2.07. The van der Waals surface area contributed by atoms with Crippen molar-refractivity contribution in [3.8, 4) is 11.4 Å². The molecule has 8 nitrogen and oxygen atoms in total. The fraction of sp³-hybridized carbons (Fsp3) is 0.100. The Kier molecular flexibility index (Phi) is 4.83. The van der Waals surface area contributed by atoms with E-state index in [9.17, 15) is 4.79 Å². The molecule has 0 aliphatic carbocycles. The molecular weight excluding hydrogens is 358 g/mol. The summed E-state index contributed by atoms with van der Waals surface area (Å²) in [7, 11) is 0. The third-order valence-corrected chi connectivity index (χ3v) is 3.98. The molecule has 0 atom stereocenters. The molecule has 4 aromatic rings. The van der Waals surface area contributed by atoms with Crippen LogP contribution < -0.4 is 10.1 Å². The lowest BCUT2D eigenvalue weighted by molar-refractivity contribution is 0.0992. The Balaban J connectivity index is 1.42. The van der Waals surface area contributed by atoms with Crippen LogP contribution in [-0.4, -0.2) is 26.1 Å². The zero-order valence-corrected chi connectivity index (χ0v) is 15.1. The smallest absolute Gasteiger partial charge is 0.291 e. The van der Waals surface area contributed by atoms with Gasteiger partial charge in [0.15, 0.2) is 11.6 Å². The molecule has 0 radical (unpaired) electrons. The van der Waals surface area contributed by atoms with Crippen molar-refractivity contribution in [1.82, 2.24) is 20.2 Å². The van der Waals surface area contributed by atoms with Crippen LogP contribution in [0.2, 0.25) is 0 Å². The number of nitrogens with one attached hydrogen (secondary N) is 1. The van der Waals surface area contributed by atoms with E-state index >= 15 is 0 Å². The molecule has 0 unspecified atom stereocenters. The fourth-order valence-corrected chi connectivity index (χ4v) is 2.63. The number of hydrogen-bond acceptors (Lipinski definition) is 6. The van der Waals surface area contributed by atoms with E-state index in [4.69, 9.17) is 9.15 Å². The van der Waals surface area contributed by atoms with Crippen molar-refractivity contribution in [3.63, 3.8) is 0 Å². The molecule has 2 aromatic carbocycles. The number of nitrogens with zero attached hydrogens (tertiary/aromatic N) is 4. The van der Waals surface area contributed by atoms with E-state index in [1.54, 1.807) is 35.9 Å². The number of amides is 1. The summed E-state index contributed by atoms with van der Waals surface area (Å²) in [6.45, 7) is 2.04. The summed E-state index contributed by atoms with van der Waals surface area (Å²) in [5, 5.41) is 14.2. The fourth-order valence-electron chi connectivity index (χ4n) is 2.63. The highest BCUT2D eigenvalue weighted by molar-refractivity contribution is 6.02. The monoisotopic (exact) mass is 375 g/mol. The molecule has 4 rings (SSSR count). The largest absolute Gasteiger partial charge is 0.486 e. The zero-order valence-electron chi connectivity index (χ0n) is 15.1. The van der Waals surface area contributed by atoms with E-state index in [1.165, 1.54) is 0 Å². The number of furan rings is 1. The first-order chi connectivity index (χ1) is 13.7. The van der Waals surface area contributed by atoms with Gasteiger partial charge < -0.3 is 14.5 Å². The third kappa shape index (κ3) is 3.90. The van der Waals surface area contributed by atoms with Gasteiger partial charge in [0.1, 0.15) is 18.1 Å². The van der Waals surface area contributed by atoms with Gasteiger partial charge in [-0.25, -0.2) is 0 Å². The second-order valence-electron chi connectivity index (χ2n) is 6.01. The zero-order chi connectivity index (χ0) is 19.3. The van der Waals surface area contributed by atoms with Gasteiger partial charge in [0, 0.05) is 5.69 Å². The molecule has 1 N–H and O–H groups in total. The number of anilines is 1. The predicted octanol–water partition coefficient (Wildman–Crippen LogP) is 3.40. The maximum atomic E-state index is 12.5. The minimum atomic E-state index is -0.350. The van der Waals surface area contributed by atoms with Crippen LogP contribution in [0.25, 0.3) is 5.69 Å². The van der Waals surface area contributed by atoms with Crippen molar-refractivity contribution < 1.29 is 13.9 Å². The minimum absolute atomic E-state index is 0.204. The van der Waals surface area contributed by atoms with Crippen LogP contribution in [-0.2, 0) is 6.61 Å². The topological polar surface area (TPSA) is 95.1 Å². The van der Waals surface area contributed by atoms with E-state index in [1.807, 2.05) is 42.5 Å². The molecule has 28 heavy (non-hydrogen) atoms. The van der Waals surface area contributed by atoms with E-state index in [0.717, 1.165) is 11.4 Å². The Morgan fingerprint density at radius 3 is 2.75 bits per heavy atom. The lowest BCUT2D eigenvalue weighted by atomic mass is 10.2. The molecule has 0 saturated carbocycles. The summed E-state index contributed by atoms with van der Waals surface area (Å²) in [6, 6.07) is 20.0. The molecule has 1 amide bonds. The van der Waals surface area contributed by atoms with Crippen LogP contribution in [0.15, 0.2) is 71.1 Å². The molecule has 2 aromatic heterocycles. The highest BCUT2D eigenvalue weighted by Gasteiger charge is 2.13. The quantitative estimate of drug-likeness (QED) is 0.555. The SMILES string of the molecule is Cc1nnnn1-c1cccc(NC(=O)c2ccc(COc3ccccc3)o2)c1. The van der Waals surface area contributed by atoms with Crippen molar-refractivity contribution >= 4 is 11.6 Å². The highest BCUT2D eigenvalue weighted by atomic mass is 16.5. The van der Waals surface area contributed by atoms with Gasteiger partial charge in [-0.3, -0.25) is 4.79 Å². The van der Waals surface area contributed by atoms with Gasteiger partial charge >= 0.3 is 0 Å². The Hall–Kier alpha value is -3.94. The van der Waals surface area contributed by atoms with Crippen LogP contribution >= 0.6 is 0 Å². The van der Waals surface area contributed by atoms with Gasteiger partial charge in [-0.2, -0.15) is 4.68 Å². The number of aryl methyl sites for hydroxylation is 1. The van der Waals surface area contributed by atoms with Crippen LogP contribution in [0.1, 0.15) is 22.1 Å². The molecule has 0 aliphatic rings. The Bertz CT molecular complexity index is 1090. The van der Waals surface area contributed by atoms with Gasteiger partial charge in [-0.15, -0.1) is 5.10 Å². The van der Waals surface area contributed by atoms with Crippen LogP contribution in [0, 0.1) is 6.92 Å². The van der Waals surface area contributed by atoms with Crippen molar-refractivity contribution in [2.24, 2.45) is 0 Å². The molecule has 2 heterocycles. The number of carbonyl (C=O) groups is 1. The summed E-state index contributed by atoms with van der Waals surface area (Å²) < 4.78 is 12.8. The van der Waals surface area contributed by atoms with Gasteiger partial charge in [-0.1, -0.05) is 24.3 Å². The normalized spacial score (nSPS) is 10.6. The van der Waals surface area contributed by atoms with Crippen molar-refractivity contribution in [2.45, 2.75) is 13.5 Å². The Morgan fingerprint density at radius 1 is 1.11 bits per heavy atom. The summed E-state index contributed by atoms with van der Waals surface area (Å²) >= 11 is 0. The molecule has 0 aliphatic heterocycles. The van der Waals surface area contributed by atoms with E-state index < -0.39 is 0 Å². The van der Waals surface area contributed by atoms with Crippen LogP contribution in [0.4, 0.5) is 5.69 Å². The summed E-state index contributed by atoms with van der Waals surface area (Å²) in [5.74, 6) is 1.80. The number of aromatic nitrogens is 4. The molecule has 0 bridgehead atoms. The maximum absolute atomic E-state index is 12.5. The van der Waals surface area contributed by atoms with Gasteiger partial charge in [0.2, 0.25) is 0 Å². The maximum Gasteiger partial charge on any atom is 0.291 e. The average molecular weight is 375 g/mol. The predicted molar refractivity (Wildman–Crippen MR) is 101 cm³/mol. The first kappa shape index (κ1) is 17.5. The van der Waals surface area contributed by atoms with Crippen LogP contribution in [0.5, 0.6) is 5.75 Å². The average Bonchev–Trinajstić information content (AvgIpc) is 3.36. The number of rotatable bonds is 6. The molecule has 0 fully saturated rings. The van der Waals surface area contributed by atoms with Crippen molar-refractivity contribution in [1.29, 1.82) is 0 Å². The van der Waals surface area contributed by atoms with Gasteiger partial charge in [0.05, 0.1) is 5.69 Å². The molecule has 0 saturated heterocycles. The van der Waals surface area contributed by atoms with E-state index in [2.05, 4.69) is 20.8 Å². The van der Waals surface area contributed by atoms with E-state index in [-0.39, 0.29) is 18.3 Å². The Morgan fingerprint density at radius 2 is 1.96 bits per heavy atom. The molecular formula is C20H17N5O3. The standard InChI is InChI=1S/C20H17N5O3/c1-14-22-23-24-25(14)16-7-5-6-15(12-16)21-20(26)19-11-10-18(28-19)13-27-17-8-3-2-4-9-17/h2-12H,13H2,1H3,(H,21,26). The number of para-hydroxylation sites is 1. The molecule has 0 spiro atoms. The van der Waals surface area contributed by atoms with Gasteiger partial charge in [-0.05, 0) is 59.8 Å². The number of hydrogen-bond donors (Lipinski definition) is 1. The summed E-state index contributed by atoms with van der Waals surface area (Å²) in [4.78, 5) is 12.5. The number of benzene rings is 2.